The molecular weight excluding hydrogens is 466 g/mol. The second kappa shape index (κ2) is 10.5. The molecule has 0 aliphatic rings. The summed E-state index contributed by atoms with van der Waals surface area (Å²) in [5, 5.41) is 5.08. The molecule has 1 aromatic heterocycles. The van der Waals surface area contributed by atoms with Gasteiger partial charge in [0.1, 0.15) is 0 Å². The van der Waals surface area contributed by atoms with Crippen LogP contribution in [0.4, 0.5) is 5.69 Å². The Balaban J connectivity index is 1.85. The number of nitrogens with zero attached hydrogens (tertiary/aromatic N) is 2. The summed E-state index contributed by atoms with van der Waals surface area (Å²) in [6.45, 7) is 2.38. The summed E-state index contributed by atoms with van der Waals surface area (Å²) >= 11 is 7.89. The Kier molecular flexibility index (Phi) is 7.95. The molecule has 6 nitrogen and oxygen atoms in total. The van der Waals surface area contributed by atoms with E-state index < -0.39 is 15.9 Å². The molecule has 32 heavy (non-hydrogen) atoms. The van der Waals surface area contributed by atoms with Crippen LogP contribution in [0, 0.1) is 0 Å². The van der Waals surface area contributed by atoms with E-state index in [0.29, 0.717) is 12.2 Å². The van der Waals surface area contributed by atoms with E-state index in [4.69, 9.17) is 11.6 Å². The van der Waals surface area contributed by atoms with E-state index >= 15 is 0 Å². The Morgan fingerprint density at radius 1 is 1.09 bits per heavy atom. The van der Waals surface area contributed by atoms with Crippen molar-refractivity contribution < 1.29 is 13.2 Å². The van der Waals surface area contributed by atoms with Gasteiger partial charge in [0.25, 0.3) is 15.9 Å². The molecule has 170 valence electrons. The van der Waals surface area contributed by atoms with Crippen LogP contribution in [0.5, 0.6) is 0 Å². The molecule has 1 N–H and O–H groups in total. The van der Waals surface area contributed by atoms with E-state index in [2.05, 4.69) is 5.32 Å². The topological polar surface area (TPSA) is 69.7 Å². The molecule has 0 spiro atoms. The largest absolute Gasteiger partial charge is 0.350 e. The molecular formula is C23H26ClN3O3S2. The van der Waals surface area contributed by atoms with Gasteiger partial charge in [0.05, 0.1) is 27.2 Å². The summed E-state index contributed by atoms with van der Waals surface area (Å²) in [5.74, 6) is -0.418. The first-order valence-electron chi connectivity index (χ1n) is 10.1. The number of hydrogen-bond donors (Lipinski definition) is 1. The summed E-state index contributed by atoms with van der Waals surface area (Å²) in [4.78, 5) is 16.1. The van der Waals surface area contributed by atoms with E-state index in [1.54, 1.807) is 42.5 Å². The minimum Gasteiger partial charge on any atom is -0.350 e. The number of hydrogen-bond acceptors (Lipinski definition) is 5. The van der Waals surface area contributed by atoms with E-state index in [1.807, 2.05) is 42.6 Å². The van der Waals surface area contributed by atoms with Gasteiger partial charge in [-0.25, -0.2) is 8.42 Å². The first kappa shape index (κ1) is 24.3. The normalized spacial score (nSPS) is 12.5. The summed E-state index contributed by atoms with van der Waals surface area (Å²) in [6, 6.07) is 17.1. The molecule has 0 aliphatic carbocycles. The first-order valence-corrected chi connectivity index (χ1v) is 12.8. The molecule has 2 aromatic carbocycles. The third kappa shape index (κ3) is 5.32. The quantitative estimate of drug-likeness (QED) is 0.473. The lowest BCUT2D eigenvalue weighted by molar-refractivity contribution is 0.0942. The van der Waals surface area contributed by atoms with Crippen molar-refractivity contribution in [2.45, 2.75) is 17.9 Å². The molecule has 0 aliphatic heterocycles. The Hall–Kier alpha value is -2.39. The van der Waals surface area contributed by atoms with Gasteiger partial charge in [0.2, 0.25) is 0 Å². The highest BCUT2D eigenvalue weighted by Gasteiger charge is 2.26. The zero-order chi connectivity index (χ0) is 23.3. The number of carbonyl (C=O) groups excluding carboxylic acids is 1. The monoisotopic (exact) mass is 491 g/mol. The van der Waals surface area contributed by atoms with Gasteiger partial charge < -0.3 is 10.2 Å². The van der Waals surface area contributed by atoms with Gasteiger partial charge in [-0.05, 0) is 62.8 Å². The van der Waals surface area contributed by atoms with Crippen molar-refractivity contribution >= 4 is 44.6 Å². The van der Waals surface area contributed by atoms with Gasteiger partial charge in [-0.1, -0.05) is 35.9 Å². The average molecular weight is 492 g/mol. The van der Waals surface area contributed by atoms with Crippen LogP contribution < -0.4 is 9.62 Å². The molecule has 0 unspecified atom stereocenters. The van der Waals surface area contributed by atoms with Crippen LogP contribution >= 0.6 is 22.9 Å². The molecule has 1 amide bonds. The number of anilines is 1. The number of nitrogens with one attached hydrogen (secondary N) is 1. The maximum Gasteiger partial charge on any atom is 0.264 e. The van der Waals surface area contributed by atoms with Gasteiger partial charge in [0, 0.05) is 18.0 Å². The summed E-state index contributed by atoms with van der Waals surface area (Å²) in [7, 11) is 0.0192. The molecule has 0 saturated heterocycles. The van der Waals surface area contributed by atoms with Crippen LogP contribution in [-0.2, 0) is 10.0 Å². The molecule has 0 bridgehead atoms. The molecule has 9 heteroatoms. The Morgan fingerprint density at radius 2 is 1.81 bits per heavy atom. The highest BCUT2D eigenvalue weighted by atomic mass is 35.5. The van der Waals surface area contributed by atoms with Gasteiger partial charge in [-0.15, -0.1) is 11.3 Å². The minimum atomic E-state index is -3.87. The van der Waals surface area contributed by atoms with Crippen LogP contribution in [0.1, 0.15) is 28.2 Å². The average Bonchev–Trinajstić information content (AvgIpc) is 3.29. The number of thiophene rings is 1. The standard InChI is InChI=1S/C23H26ClN3O3S2/c1-4-27(17-9-6-5-7-10-17)32(29,30)18-12-13-20(24)19(15-18)23(28)25-16-21(26(2)3)22-11-8-14-31-22/h5-15,21H,4,16H2,1-3H3,(H,25,28)/t21-/m1/s1. The van der Waals surface area contributed by atoms with Crippen LogP contribution in [0.25, 0.3) is 0 Å². The molecule has 3 rings (SSSR count). The third-order valence-corrected chi connectivity index (χ3v) is 8.25. The van der Waals surface area contributed by atoms with E-state index in [9.17, 15) is 13.2 Å². The van der Waals surface area contributed by atoms with E-state index in [0.717, 1.165) is 4.88 Å². The molecule has 0 fully saturated rings. The Labute approximate surface area is 198 Å². The Bertz CT molecular complexity index is 1150. The van der Waals surface area contributed by atoms with Crippen LogP contribution in [0.15, 0.2) is 70.9 Å². The second-order valence-electron chi connectivity index (χ2n) is 7.35. The lowest BCUT2D eigenvalue weighted by Gasteiger charge is -2.24. The fraction of sp³-hybridized carbons (Fsp3) is 0.261. The van der Waals surface area contributed by atoms with Crippen molar-refractivity contribution in [3.8, 4) is 0 Å². The van der Waals surface area contributed by atoms with Gasteiger partial charge in [0.15, 0.2) is 0 Å². The maximum absolute atomic E-state index is 13.3. The SMILES string of the molecule is CCN(c1ccccc1)S(=O)(=O)c1ccc(Cl)c(C(=O)NC[C@H](c2cccs2)N(C)C)c1. The van der Waals surface area contributed by atoms with Crippen molar-refractivity contribution in [3.05, 3.63) is 81.5 Å². The molecule has 1 atom stereocenters. The van der Waals surface area contributed by atoms with Crippen molar-refractivity contribution in [1.82, 2.24) is 10.2 Å². The number of rotatable bonds is 9. The second-order valence-corrected chi connectivity index (χ2v) is 10.6. The zero-order valence-corrected chi connectivity index (χ0v) is 20.5. The number of benzene rings is 2. The molecule has 0 radical (unpaired) electrons. The van der Waals surface area contributed by atoms with Gasteiger partial charge in [-0.3, -0.25) is 9.10 Å². The van der Waals surface area contributed by atoms with Crippen molar-refractivity contribution in [3.63, 3.8) is 0 Å². The number of amides is 1. The zero-order valence-electron chi connectivity index (χ0n) is 18.2. The van der Waals surface area contributed by atoms with E-state index in [-0.39, 0.29) is 28.1 Å². The van der Waals surface area contributed by atoms with E-state index in [1.165, 1.54) is 22.5 Å². The first-order chi connectivity index (χ1) is 15.3. The predicted octanol–water partition coefficient (Wildman–Crippen LogP) is 4.65. The molecule has 3 aromatic rings. The number of likely N-dealkylation sites (N-methyl/N-ethyl adjacent to an activating group) is 1. The third-order valence-electron chi connectivity index (χ3n) is 5.05. The fourth-order valence-corrected chi connectivity index (χ4v) is 5.98. The van der Waals surface area contributed by atoms with Gasteiger partial charge >= 0.3 is 0 Å². The van der Waals surface area contributed by atoms with Gasteiger partial charge in [-0.2, -0.15) is 0 Å². The lowest BCUT2D eigenvalue weighted by atomic mass is 10.2. The van der Waals surface area contributed by atoms with Crippen molar-refractivity contribution in [2.75, 3.05) is 31.5 Å². The smallest absolute Gasteiger partial charge is 0.264 e. The van der Waals surface area contributed by atoms with Crippen molar-refractivity contribution in [1.29, 1.82) is 0 Å². The summed E-state index contributed by atoms with van der Waals surface area (Å²) in [5.41, 5.74) is 0.682. The summed E-state index contributed by atoms with van der Waals surface area (Å²) < 4.78 is 27.9. The minimum absolute atomic E-state index is 0.00157. The number of halogens is 1. The number of sulfonamides is 1. The highest BCUT2D eigenvalue weighted by molar-refractivity contribution is 7.92. The Morgan fingerprint density at radius 3 is 2.41 bits per heavy atom. The van der Waals surface area contributed by atoms with Crippen LogP contribution in [0.3, 0.4) is 0 Å². The van der Waals surface area contributed by atoms with Crippen LogP contribution in [0.2, 0.25) is 5.02 Å². The number of para-hydroxylation sites is 1. The fourth-order valence-electron chi connectivity index (χ4n) is 3.35. The predicted molar refractivity (Wildman–Crippen MR) is 131 cm³/mol. The molecule has 1 heterocycles. The summed E-state index contributed by atoms with van der Waals surface area (Å²) in [6.07, 6.45) is 0. The number of carbonyl (C=O) groups is 1. The van der Waals surface area contributed by atoms with Crippen LogP contribution in [-0.4, -0.2) is 46.4 Å². The molecule has 0 saturated carbocycles. The lowest BCUT2D eigenvalue weighted by Crippen LogP contribution is -2.34. The maximum atomic E-state index is 13.3. The highest BCUT2D eigenvalue weighted by Crippen LogP contribution is 2.27. The van der Waals surface area contributed by atoms with Crippen molar-refractivity contribution in [2.24, 2.45) is 0 Å².